The fraction of sp³-hybridized carbons (Fsp3) is 0.435. The van der Waals surface area contributed by atoms with Gasteiger partial charge in [0, 0.05) is 10.7 Å². The molecule has 0 bridgehead atoms. The van der Waals surface area contributed by atoms with Crippen molar-refractivity contribution in [3.8, 4) is 5.69 Å². The van der Waals surface area contributed by atoms with Crippen LogP contribution in [0.5, 0.6) is 0 Å². The van der Waals surface area contributed by atoms with E-state index in [2.05, 4.69) is 59.8 Å². The standard InChI is InChI=1S/C23H28ClN5/c1-15-9-11-23(12-10-15,25-21-8-5-16(2)13-18(21)4)22-26-27-28-29(22)19-7-6-17(3)20(24)14-19/h5-8,13-15,25H,9-12H2,1-4H3. The molecule has 1 heterocycles. The van der Waals surface area contributed by atoms with Crippen molar-refractivity contribution in [1.82, 2.24) is 20.2 Å². The lowest BCUT2D eigenvalue weighted by atomic mass is 9.76. The smallest absolute Gasteiger partial charge is 0.181 e. The minimum absolute atomic E-state index is 0.312. The average Bonchev–Trinajstić information content (AvgIpc) is 3.19. The van der Waals surface area contributed by atoms with Gasteiger partial charge in [-0.1, -0.05) is 42.3 Å². The predicted octanol–water partition coefficient (Wildman–Crippen LogP) is 5.76. The van der Waals surface area contributed by atoms with Crippen molar-refractivity contribution in [3.63, 3.8) is 0 Å². The van der Waals surface area contributed by atoms with E-state index in [0.717, 1.165) is 53.5 Å². The van der Waals surface area contributed by atoms with Crippen molar-refractivity contribution in [2.45, 2.75) is 58.9 Å². The molecular formula is C23H28ClN5. The zero-order valence-corrected chi connectivity index (χ0v) is 18.3. The Morgan fingerprint density at radius 3 is 2.48 bits per heavy atom. The van der Waals surface area contributed by atoms with Gasteiger partial charge in [0.2, 0.25) is 0 Å². The van der Waals surface area contributed by atoms with Gasteiger partial charge in [-0.2, -0.15) is 4.68 Å². The number of nitrogens with zero attached hydrogens (tertiary/aromatic N) is 4. The molecule has 1 N–H and O–H groups in total. The van der Waals surface area contributed by atoms with Crippen molar-refractivity contribution in [2.24, 2.45) is 5.92 Å². The van der Waals surface area contributed by atoms with E-state index in [1.54, 1.807) is 0 Å². The number of anilines is 1. The van der Waals surface area contributed by atoms with Crippen molar-refractivity contribution < 1.29 is 0 Å². The first-order valence-corrected chi connectivity index (χ1v) is 10.7. The van der Waals surface area contributed by atoms with Gasteiger partial charge >= 0.3 is 0 Å². The second-order valence-corrected chi connectivity index (χ2v) is 8.96. The van der Waals surface area contributed by atoms with Gasteiger partial charge in [-0.25, -0.2) is 0 Å². The van der Waals surface area contributed by atoms with E-state index in [1.165, 1.54) is 11.1 Å². The fourth-order valence-corrected chi connectivity index (χ4v) is 4.42. The van der Waals surface area contributed by atoms with E-state index in [9.17, 15) is 0 Å². The van der Waals surface area contributed by atoms with Gasteiger partial charge in [0.15, 0.2) is 5.82 Å². The van der Waals surface area contributed by atoms with Gasteiger partial charge in [0.05, 0.1) is 11.2 Å². The first kappa shape index (κ1) is 19.9. The number of tetrazole rings is 1. The van der Waals surface area contributed by atoms with Gasteiger partial charge in [0.1, 0.15) is 0 Å². The third-order valence-corrected chi connectivity index (χ3v) is 6.59. The SMILES string of the molecule is Cc1ccc(NC2(c3nnnn3-c3ccc(C)c(Cl)c3)CCC(C)CC2)c(C)c1. The Kier molecular flexibility index (Phi) is 5.34. The Morgan fingerprint density at radius 2 is 1.79 bits per heavy atom. The minimum atomic E-state index is -0.312. The van der Waals surface area contributed by atoms with E-state index >= 15 is 0 Å². The third kappa shape index (κ3) is 3.88. The summed E-state index contributed by atoms with van der Waals surface area (Å²) in [5.74, 6) is 1.56. The summed E-state index contributed by atoms with van der Waals surface area (Å²) in [5, 5.41) is 17.5. The van der Waals surface area contributed by atoms with E-state index in [0.29, 0.717) is 5.92 Å². The molecule has 2 aromatic carbocycles. The molecule has 0 spiro atoms. The van der Waals surface area contributed by atoms with Crippen LogP contribution in [0.3, 0.4) is 0 Å². The molecular weight excluding hydrogens is 382 g/mol. The zero-order chi connectivity index (χ0) is 20.6. The molecule has 1 saturated carbocycles. The topological polar surface area (TPSA) is 55.6 Å². The molecule has 0 amide bonds. The largest absolute Gasteiger partial charge is 0.372 e. The highest BCUT2D eigenvalue weighted by Crippen LogP contribution is 2.42. The van der Waals surface area contributed by atoms with Gasteiger partial charge in [-0.3, -0.25) is 0 Å². The summed E-state index contributed by atoms with van der Waals surface area (Å²) in [5.41, 5.74) is 5.26. The molecule has 1 aliphatic carbocycles. The second-order valence-electron chi connectivity index (χ2n) is 8.56. The van der Waals surface area contributed by atoms with E-state index in [1.807, 2.05) is 29.8 Å². The monoisotopic (exact) mass is 409 g/mol. The van der Waals surface area contributed by atoms with Crippen LogP contribution in [-0.4, -0.2) is 20.2 Å². The van der Waals surface area contributed by atoms with Crippen molar-refractivity contribution in [1.29, 1.82) is 0 Å². The molecule has 1 fully saturated rings. The summed E-state index contributed by atoms with van der Waals surface area (Å²) in [6.45, 7) is 8.59. The Morgan fingerprint density at radius 1 is 1.03 bits per heavy atom. The molecule has 0 atom stereocenters. The summed E-state index contributed by atoms with van der Waals surface area (Å²) in [6.07, 6.45) is 4.25. The Bertz CT molecular complexity index is 1020. The molecule has 0 unspecified atom stereocenters. The first-order valence-electron chi connectivity index (χ1n) is 10.3. The van der Waals surface area contributed by atoms with Gasteiger partial charge in [-0.05, 0) is 92.1 Å². The number of nitrogens with one attached hydrogen (secondary N) is 1. The molecule has 3 aromatic rings. The van der Waals surface area contributed by atoms with Gasteiger partial charge in [0.25, 0.3) is 0 Å². The number of hydrogen-bond acceptors (Lipinski definition) is 4. The van der Waals surface area contributed by atoms with Crippen molar-refractivity contribution in [2.75, 3.05) is 5.32 Å². The number of aryl methyl sites for hydroxylation is 3. The molecule has 4 rings (SSSR count). The first-order chi connectivity index (χ1) is 13.9. The minimum Gasteiger partial charge on any atom is -0.372 e. The van der Waals surface area contributed by atoms with Crippen LogP contribution in [0.4, 0.5) is 5.69 Å². The van der Waals surface area contributed by atoms with Crippen LogP contribution in [0.25, 0.3) is 5.69 Å². The van der Waals surface area contributed by atoms with Crippen LogP contribution in [0.1, 0.15) is 55.1 Å². The zero-order valence-electron chi connectivity index (χ0n) is 17.5. The summed E-state index contributed by atoms with van der Waals surface area (Å²) in [7, 11) is 0. The molecule has 152 valence electrons. The molecule has 5 nitrogen and oxygen atoms in total. The fourth-order valence-electron chi connectivity index (χ4n) is 4.24. The highest BCUT2D eigenvalue weighted by atomic mass is 35.5. The van der Waals surface area contributed by atoms with Gasteiger partial charge < -0.3 is 5.32 Å². The Balaban J connectivity index is 1.79. The summed E-state index contributed by atoms with van der Waals surface area (Å²) < 4.78 is 1.85. The average molecular weight is 410 g/mol. The van der Waals surface area contributed by atoms with E-state index in [-0.39, 0.29) is 5.54 Å². The van der Waals surface area contributed by atoms with Crippen LogP contribution < -0.4 is 5.32 Å². The van der Waals surface area contributed by atoms with E-state index in [4.69, 9.17) is 11.6 Å². The molecule has 1 aliphatic rings. The van der Waals surface area contributed by atoms with Crippen LogP contribution in [0.2, 0.25) is 5.02 Å². The molecule has 0 aliphatic heterocycles. The number of halogens is 1. The van der Waals surface area contributed by atoms with Crippen LogP contribution in [0, 0.1) is 26.7 Å². The summed E-state index contributed by atoms with van der Waals surface area (Å²) >= 11 is 6.39. The van der Waals surface area contributed by atoms with Crippen LogP contribution >= 0.6 is 11.6 Å². The van der Waals surface area contributed by atoms with E-state index < -0.39 is 0 Å². The quantitative estimate of drug-likeness (QED) is 0.595. The highest BCUT2D eigenvalue weighted by molar-refractivity contribution is 6.31. The predicted molar refractivity (Wildman–Crippen MR) is 118 cm³/mol. The second kappa shape index (κ2) is 7.79. The van der Waals surface area contributed by atoms with Gasteiger partial charge in [-0.15, -0.1) is 5.10 Å². The Hall–Kier alpha value is -2.40. The number of hydrogen-bond donors (Lipinski definition) is 1. The molecule has 1 aromatic heterocycles. The maximum absolute atomic E-state index is 6.39. The number of aromatic nitrogens is 4. The maximum Gasteiger partial charge on any atom is 0.181 e. The van der Waals surface area contributed by atoms with Crippen LogP contribution in [0.15, 0.2) is 36.4 Å². The summed E-state index contributed by atoms with van der Waals surface area (Å²) in [6, 6.07) is 12.5. The lowest BCUT2D eigenvalue weighted by Crippen LogP contribution is -2.41. The maximum atomic E-state index is 6.39. The molecule has 0 radical (unpaired) electrons. The van der Waals surface area contributed by atoms with Crippen molar-refractivity contribution >= 4 is 17.3 Å². The normalized spacial score (nSPS) is 21.9. The van der Waals surface area contributed by atoms with Crippen molar-refractivity contribution in [3.05, 3.63) is 63.9 Å². The number of benzene rings is 2. The molecule has 0 saturated heterocycles. The molecule has 29 heavy (non-hydrogen) atoms. The lowest BCUT2D eigenvalue weighted by Gasteiger charge is -2.40. The number of rotatable bonds is 4. The van der Waals surface area contributed by atoms with Crippen LogP contribution in [-0.2, 0) is 5.54 Å². The lowest BCUT2D eigenvalue weighted by molar-refractivity contribution is 0.255. The Labute approximate surface area is 177 Å². The molecule has 6 heteroatoms. The summed E-state index contributed by atoms with van der Waals surface area (Å²) in [4.78, 5) is 0. The highest BCUT2D eigenvalue weighted by Gasteiger charge is 2.41. The third-order valence-electron chi connectivity index (χ3n) is 6.18.